The number of nitrogens with zero attached hydrogens (tertiary/aromatic N) is 2. The van der Waals surface area contributed by atoms with Gasteiger partial charge in [0, 0.05) is 24.3 Å². The summed E-state index contributed by atoms with van der Waals surface area (Å²) >= 11 is 1.78. The molecule has 1 aromatic rings. The monoisotopic (exact) mass is 239 g/mol. The standard InChI is InChI=1S/C12H21N3S/c1-5-7-13-11-8-12(16-9(3)4)15-10(6-2)14-11/h8-9H,5-7H2,1-4H3,(H,13,14,15). The van der Waals surface area contributed by atoms with E-state index in [1.54, 1.807) is 11.8 Å². The van der Waals surface area contributed by atoms with Crippen LogP contribution in [0.1, 0.15) is 39.9 Å². The maximum Gasteiger partial charge on any atom is 0.131 e. The maximum absolute atomic E-state index is 4.51. The normalized spacial score (nSPS) is 10.8. The summed E-state index contributed by atoms with van der Waals surface area (Å²) in [4.78, 5) is 8.97. The zero-order valence-electron chi connectivity index (χ0n) is 10.6. The lowest BCUT2D eigenvalue weighted by Gasteiger charge is -2.09. The van der Waals surface area contributed by atoms with Crippen molar-refractivity contribution < 1.29 is 0 Å². The molecule has 0 aromatic carbocycles. The Bertz CT molecular complexity index is 326. The summed E-state index contributed by atoms with van der Waals surface area (Å²) in [6.07, 6.45) is 1.99. The number of aryl methyl sites for hydroxylation is 1. The minimum absolute atomic E-state index is 0.554. The Hall–Kier alpha value is -0.770. The molecule has 1 heterocycles. The van der Waals surface area contributed by atoms with Crippen LogP contribution < -0.4 is 5.32 Å². The van der Waals surface area contributed by atoms with Gasteiger partial charge in [0.15, 0.2) is 0 Å². The summed E-state index contributed by atoms with van der Waals surface area (Å²) in [5.41, 5.74) is 0. The van der Waals surface area contributed by atoms with Crippen LogP contribution in [0.25, 0.3) is 0 Å². The topological polar surface area (TPSA) is 37.8 Å². The Kier molecular flexibility index (Phi) is 5.60. The van der Waals surface area contributed by atoms with Gasteiger partial charge < -0.3 is 5.32 Å². The highest BCUT2D eigenvalue weighted by atomic mass is 32.2. The van der Waals surface area contributed by atoms with Gasteiger partial charge in [-0.1, -0.05) is 27.7 Å². The second kappa shape index (κ2) is 6.74. The van der Waals surface area contributed by atoms with Gasteiger partial charge in [-0.2, -0.15) is 0 Å². The molecule has 0 amide bonds. The molecule has 1 N–H and O–H groups in total. The Morgan fingerprint density at radius 1 is 1.31 bits per heavy atom. The van der Waals surface area contributed by atoms with Crippen LogP contribution in [0.15, 0.2) is 11.1 Å². The van der Waals surface area contributed by atoms with Crippen LogP contribution in [0.2, 0.25) is 0 Å². The van der Waals surface area contributed by atoms with Gasteiger partial charge in [-0.3, -0.25) is 0 Å². The highest BCUT2D eigenvalue weighted by Crippen LogP contribution is 2.23. The van der Waals surface area contributed by atoms with E-state index >= 15 is 0 Å². The fourth-order valence-corrected chi connectivity index (χ4v) is 2.10. The van der Waals surface area contributed by atoms with Crippen LogP contribution in [0.5, 0.6) is 0 Å². The first kappa shape index (κ1) is 13.3. The smallest absolute Gasteiger partial charge is 0.131 e. The van der Waals surface area contributed by atoms with Crippen molar-refractivity contribution in [3.63, 3.8) is 0 Å². The molecule has 0 aliphatic carbocycles. The molecule has 1 aromatic heterocycles. The van der Waals surface area contributed by atoms with Crippen molar-refractivity contribution in [2.45, 2.75) is 50.8 Å². The van der Waals surface area contributed by atoms with Gasteiger partial charge in [0.1, 0.15) is 16.7 Å². The van der Waals surface area contributed by atoms with Crippen molar-refractivity contribution in [3.8, 4) is 0 Å². The molecule has 0 saturated carbocycles. The second-order valence-electron chi connectivity index (χ2n) is 3.95. The van der Waals surface area contributed by atoms with Crippen molar-refractivity contribution in [2.75, 3.05) is 11.9 Å². The molecule has 16 heavy (non-hydrogen) atoms. The molecule has 0 radical (unpaired) electrons. The zero-order valence-corrected chi connectivity index (χ0v) is 11.4. The molecule has 3 nitrogen and oxygen atoms in total. The number of nitrogens with one attached hydrogen (secondary N) is 1. The number of thioether (sulfide) groups is 1. The quantitative estimate of drug-likeness (QED) is 0.610. The number of hydrogen-bond donors (Lipinski definition) is 1. The molecule has 0 unspecified atom stereocenters. The fourth-order valence-electron chi connectivity index (χ4n) is 1.28. The highest BCUT2D eigenvalue weighted by molar-refractivity contribution is 7.99. The van der Waals surface area contributed by atoms with Gasteiger partial charge in [-0.05, 0) is 6.42 Å². The molecular weight excluding hydrogens is 218 g/mol. The predicted molar refractivity (Wildman–Crippen MR) is 71.2 cm³/mol. The third-order valence-electron chi connectivity index (χ3n) is 1.98. The number of aromatic nitrogens is 2. The van der Waals surface area contributed by atoms with Crippen molar-refractivity contribution in [2.24, 2.45) is 0 Å². The molecule has 0 aliphatic heterocycles. The first-order valence-electron chi connectivity index (χ1n) is 5.94. The van der Waals surface area contributed by atoms with Gasteiger partial charge in [-0.15, -0.1) is 11.8 Å². The maximum atomic E-state index is 4.51. The molecule has 0 fully saturated rings. The van der Waals surface area contributed by atoms with E-state index in [4.69, 9.17) is 0 Å². The summed E-state index contributed by atoms with van der Waals surface area (Å²) in [7, 11) is 0. The molecule has 0 spiro atoms. The van der Waals surface area contributed by atoms with Gasteiger partial charge in [-0.25, -0.2) is 9.97 Å². The molecule has 1 rings (SSSR count). The van der Waals surface area contributed by atoms with E-state index in [0.717, 1.165) is 36.1 Å². The summed E-state index contributed by atoms with van der Waals surface area (Å²) in [5, 5.41) is 4.94. The van der Waals surface area contributed by atoms with E-state index in [0.29, 0.717) is 5.25 Å². The lowest BCUT2D eigenvalue weighted by molar-refractivity contribution is 0.875. The van der Waals surface area contributed by atoms with Crippen LogP contribution in [0, 0.1) is 0 Å². The average molecular weight is 239 g/mol. The van der Waals surface area contributed by atoms with E-state index in [1.165, 1.54) is 0 Å². The molecule has 4 heteroatoms. The van der Waals surface area contributed by atoms with Crippen LogP contribution in [-0.4, -0.2) is 21.8 Å². The Labute approximate surface area is 102 Å². The first-order chi connectivity index (χ1) is 7.65. The number of hydrogen-bond acceptors (Lipinski definition) is 4. The summed E-state index contributed by atoms with van der Waals surface area (Å²) in [6.45, 7) is 9.56. The third kappa shape index (κ3) is 4.39. The minimum atomic E-state index is 0.554. The van der Waals surface area contributed by atoms with Crippen LogP contribution in [0.4, 0.5) is 5.82 Å². The molecule has 0 atom stereocenters. The van der Waals surface area contributed by atoms with Crippen molar-refractivity contribution >= 4 is 17.6 Å². The Morgan fingerprint density at radius 2 is 2.06 bits per heavy atom. The SMILES string of the molecule is CCCNc1cc(SC(C)C)nc(CC)n1. The van der Waals surface area contributed by atoms with E-state index in [-0.39, 0.29) is 0 Å². The fraction of sp³-hybridized carbons (Fsp3) is 0.667. The van der Waals surface area contributed by atoms with Gasteiger partial charge >= 0.3 is 0 Å². The summed E-state index contributed by atoms with van der Waals surface area (Å²) < 4.78 is 0. The van der Waals surface area contributed by atoms with Crippen LogP contribution >= 0.6 is 11.8 Å². The predicted octanol–water partition coefficient (Wildman–Crippen LogP) is 3.36. The van der Waals surface area contributed by atoms with Crippen LogP contribution in [-0.2, 0) is 6.42 Å². The highest BCUT2D eigenvalue weighted by Gasteiger charge is 2.05. The molecule has 0 aliphatic rings. The minimum Gasteiger partial charge on any atom is -0.370 e. The van der Waals surface area contributed by atoms with E-state index in [2.05, 4.69) is 43.0 Å². The molecule has 0 bridgehead atoms. The summed E-state index contributed by atoms with van der Waals surface area (Å²) in [6, 6.07) is 2.04. The second-order valence-corrected chi connectivity index (χ2v) is 5.55. The largest absolute Gasteiger partial charge is 0.370 e. The van der Waals surface area contributed by atoms with Crippen LogP contribution in [0.3, 0.4) is 0 Å². The van der Waals surface area contributed by atoms with Crippen molar-refractivity contribution in [3.05, 3.63) is 11.9 Å². The van der Waals surface area contributed by atoms with E-state index in [9.17, 15) is 0 Å². The molecule has 90 valence electrons. The van der Waals surface area contributed by atoms with Crippen molar-refractivity contribution in [1.82, 2.24) is 9.97 Å². The summed E-state index contributed by atoms with van der Waals surface area (Å²) in [5.74, 6) is 1.88. The van der Waals surface area contributed by atoms with Crippen molar-refractivity contribution in [1.29, 1.82) is 0 Å². The number of rotatable bonds is 6. The van der Waals surface area contributed by atoms with Gasteiger partial charge in [0.2, 0.25) is 0 Å². The van der Waals surface area contributed by atoms with E-state index < -0.39 is 0 Å². The van der Waals surface area contributed by atoms with E-state index in [1.807, 2.05) is 6.07 Å². The first-order valence-corrected chi connectivity index (χ1v) is 6.82. The Balaban J connectivity index is 2.82. The molecular formula is C12H21N3S. The average Bonchev–Trinajstić information content (AvgIpc) is 2.25. The Morgan fingerprint density at radius 3 is 2.62 bits per heavy atom. The zero-order chi connectivity index (χ0) is 12.0. The lowest BCUT2D eigenvalue weighted by Crippen LogP contribution is -2.05. The van der Waals surface area contributed by atoms with Gasteiger partial charge in [0.25, 0.3) is 0 Å². The third-order valence-corrected chi connectivity index (χ3v) is 2.90. The molecule has 0 saturated heterocycles. The van der Waals surface area contributed by atoms with Gasteiger partial charge in [0.05, 0.1) is 0 Å². The number of anilines is 1. The lowest BCUT2D eigenvalue weighted by atomic mass is 10.4.